The molecule has 0 atom stereocenters. The average molecular weight is 378 g/mol. The lowest BCUT2D eigenvalue weighted by Crippen LogP contribution is -2.18. The third kappa shape index (κ3) is 2.96. The van der Waals surface area contributed by atoms with Gasteiger partial charge in [-0.2, -0.15) is 18.3 Å². The molecule has 0 spiro atoms. The van der Waals surface area contributed by atoms with Crippen molar-refractivity contribution in [2.45, 2.75) is 20.0 Å². The van der Waals surface area contributed by atoms with Gasteiger partial charge in [0, 0.05) is 5.56 Å². The van der Waals surface area contributed by atoms with Gasteiger partial charge in [-0.05, 0) is 48.0 Å². The minimum atomic E-state index is -4.54. The van der Waals surface area contributed by atoms with E-state index in [-0.39, 0.29) is 10.6 Å². The normalized spacial score (nSPS) is 11.7. The largest absolute Gasteiger partial charge is 0.417 e. The molecule has 2 N–H and O–H groups in total. The minimum Gasteiger partial charge on any atom is -0.389 e. The minimum absolute atomic E-state index is 0.193. The number of alkyl halides is 3. The molecule has 112 valence electrons. The first kappa shape index (κ1) is 16.0. The van der Waals surface area contributed by atoms with Gasteiger partial charge in [0.15, 0.2) is 0 Å². The zero-order chi connectivity index (χ0) is 15.9. The second-order valence-electron chi connectivity index (χ2n) is 4.49. The van der Waals surface area contributed by atoms with Gasteiger partial charge in [-0.15, -0.1) is 0 Å². The van der Waals surface area contributed by atoms with Crippen LogP contribution in [0.1, 0.15) is 22.5 Å². The van der Waals surface area contributed by atoms with Crippen molar-refractivity contribution in [3.05, 3.63) is 45.2 Å². The van der Waals surface area contributed by atoms with Gasteiger partial charge < -0.3 is 5.73 Å². The van der Waals surface area contributed by atoms with Gasteiger partial charge in [-0.3, -0.25) is 0 Å². The number of nitrogens with two attached hydrogens (primary N) is 1. The molecular weight excluding hydrogens is 367 g/mol. The van der Waals surface area contributed by atoms with Gasteiger partial charge in [0.2, 0.25) is 0 Å². The Hall–Kier alpha value is -1.41. The molecule has 0 unspecified atom stereocenters. The third-order valence-electron chi connectivity index (χ3n) is 3.02. The molecule has 0 aliphatic heterocycles. The van der Waals surface area contributed by atoms with Gasteiger partial charge in [0.05, 0.1) is 27.1 Å². The second-order valence-corrected chi connectivity index (χ2v) is 5.72. The van der Waals surface area contributed by atoms with Crippen LogP contribution in [0.3, 0.4) is 0 Å². The predicted octanol–water partition coefficient (Wildman–Crippen LogP) is 3.90. The fourth-order valence-corrected chi connectivity index (χ4v) is 2.41. The van der Waals surface area contributed by atoms with E-state index in [1.165, 1.54) is 16.8 Å². The van der Waals surface area contributed by atoms with Crippen LogP contribution in [-0.2, 0) is 6.18 Å². The smallest absolute Gasteiger partial charge is 0.389 e. The summed E-state index contributed by atoms with van der Waals surface area (Å²) < 4.78 is 41.6. The van der Waals surface area contributed by atoms with Crippen LogP contribution >= 0.6 is 28.1 Å². The Balaban J connectivity index is 2.67. The van der Waals surface area contributed by atoms with E-state index in [2.05, 4.69) is 33.2 Å². The molecule has 1 heterocycles. The summed E-state index contributed by atoms with van der Waals surface area (Å²) in [4.78, 5) is -0.288. The number of benzene rings is 1. The predicted molar refractivity (Wildman–Crippen MR) is 81.6 cm³/mol. The molecule has 2 rings (SSSR count). The molecule has 21 heavy (non-hydrogen) atoms. The summed E-state index contributed by atoms with van der Waals surface area (Å²) in [6.07, 6.45) is -4.54. The van der Waals surface area contributed by atoms with E-state index in [9.17, 15) is 13.2 Å². The lowest BCUT2D eigenvalue weighted by Gasteiger charge is -2.14. The molecule has 1 aromatic carbocycles. The van der Waals surface area contributed by atoms with Crippen LogP contribution in [-0.4, -0.2) is 14.8 Å². The van der Waals surface area contributed by atoms with Crippen LogP contribution in [0.4, 0.5) is 13.2 Å². The van der Waals surface area contributed by atoms with Gasteiger partial charge >= 0.3 is 6.18 Å². The molecule has 0 amide bonds. The van der Waals surface area contributed by atoms with Crippen molar-refractivity contribution < 1.29 is 13.2 Å². The standard InChI is InChI=1S/C13H11BrF3N3S/c1-6-11(14)7(2)20(19-6)8-3-4-9(12(18)21)10(5-8)13(15,16)17/h3-5H,1-2H3,(H2,18,21). The van der Waals surface area contributed by atoms with Crippen molar-refractivity contribution >= 4 is 33.1 Å². The quantitative estimate of drug-likeness (QED) is 0.807. The number of aryl methyl sites for hydroxylation is 1. The first-order chi connectivity index (χ1) is 9.62. The maximum Gasteiger partial charge on any atom is 0.417 e. The van der Waals surface area contributed by atoms with Crippen LogP contribution in [0.2, 0.25) is 0 Å². The topological polar surface area (TPSA) is 43.8 Å². The van der Waals surface area contributed by atoms with Crippen molar-refractivity contribution in [3.63, 3.8) is 0 Å². The Morgan fingerprint density at radius 1 is 1.33 bits per heavy atom. The number of thiocarbonyl (C=S) groups is 1. The number of hydrogen-bond acceptors (Lipinski definition) is 2. The monoisotopic (exact) mass is 377 g/mol. The van der Waals surface area contributed by atoms with Crippen LogP contribution in [0.25, 0.3) is 5.69 Å². The lowest BCUT2D eigenvalue weighted by molar-refractivity contribution is -0.137. The van der Waals surface area contributed by atoms with Crippen molar-refractivity contribution in [1.82, 2.24) is 9.78 Å². The SMILES string of the molecule is Cc1nn(-c2ccc(C(N)=S)c(C(F)(F)F)c2)c(C)c1Br. The summed E-state index contributed by atoms with van der Waals surface area (Å²) in [5.41, 5.74) is 6.01. The Bertz CT molecular complexity index is 722. The van der Waals surface area contributed by atoms with E-state index in [0.717, 1.165) is 10.5 Å². The van der Waals surface area contributed by atoms with Crippen LogP contribution in [0.5, 0.6) is 0 Å². The zero-order valence-electron chi connectivity index (χ0n) is 11.1. The molecule has 0 saturated heterocycles. The highest BCUT2D eigenvalue weighted by molar-refractivity contribution is 9.10. The molecule has 0 bridgehead atoms. The number of halogens is 4. The first-order valence-electron chi connectivity index (χ1n) is 5.86. The van der Waals surface area contributed by atoms with E-state index < -0.39 is 11.7 Å². The highest BCUT2D eigenvalue weighted by atomic mass is 79.9. The second kappa shape index (κ2) is 5.42. The summed E-state index contributed by atoms with van der Waals surface area (Å²) >= 11 is 8.02. The van der Waals surface area contributed by atoms with E-state index in [4.69, 9.17) is 5.73 Å². The van der Waals surface area contributed by atoms with E-state index in [0.29, 0.717) is 17.1 Å². The van der Waals surface area contributed by atoms with E-state index in [1.807, 2.05) is 0 Å². The molecule has 1 aromatic heterocycles. The Kier molecular flexibility index (Phi) is 4.12. The number of nitrogens with zero attached hydrogens (tertiary/aromatic N) is 2. The molecule has 3 nitrogen and oxygen atoms in total. The van der Waals surface area contributed by atoms with Crippen LogP contribution in [0, 0.1) is 13.8 Å². The third-order valence-corrected chi connectivity index (χ3v) is 4.39. The van der Waals surface area contributed by atoms with Gasteiger partial charge in [-0.1, -0.05) is 12.2 Å². The zero-order valence-corrected chi connectivity index (χ0v) is 13.5. The number of hydrogen-bond donors (Lipinski definition) is 1. The molecule has 0 radical (unpaired) electrons. The molecule has 0 aliphatic rings. The number of aromatic nitrogens is 2. The first-order valence-corrected chi connectivity index (χ1v) is 7.06. The molecule has 8 heteroatoms. The van der Waals surface area contributed by atoms with Crippen molar-refractivity contribution in [2.75, 3.05) is 0 Å². The Labute approximate surface area is 133 Å². The van der Waals surface area contributed by atoms with Gasteiger partial charge in [-0.25, -0.2) is 4.68 Å². The van der Waals surface area contributed by atoms with Gasteiger partial charge in [0.25, 0.3) is 0 Å². The van der Waals surface area contributed by atoms with Gasteiger partial charge in [0.1, 0.15) is 4.99 Å². The molecule has 2 aromatic rings. The summed E-state index contributed by atoms with van der Waals surface area (Å²) in [5.74, 6) is 0. The maximum atomic E-state index is 13.1. The molecule has 0 fully saturated rings. The highest BCUT2D eigenvalue weighted by Crippen LogP contribution is 2.34. The van der Waals surface area contributed by atoms with E-state index >= 15 is 0 Å². The van der Waals surface area contributed by atoms with Crippen LogP contribution < -0.4 is 5.73 Å². The van der Waals surface area contributed by atoms with Crippen LogP contribution in [0.15, 0.2) is 22.7 Å². The Morgan fingerprint density at radius 3 is 2.38 bits per heavy atom. The summed E-state index contributed by atoms with van der Waals surface area (Å²) in [7, 11) is 0. The lowest BCUT2D eigenvalue weighted by atomic mass is 10.1. The highest BCUT2D eigenvalue weighted by Gasteiger charge is 2.34. The van der Waals surface area contributed by atoms with Crippen molar-refractivity contribution in [2.24, 2.45) is 5.73 Å². The maximum absolute atomic E-state index is 13.1. The fraction of sp³-hybridized carbons (Fsp3) is 0.231. The van der Waals surface area contributed by atoms with Crippen molar-refractivity contribution in [1.29, 1.82) is 0 Å². The summed E-state index contributed by atoms with van der Waals surface area (Å²) in [5, 5.41) is 4.22. The average Bonchev–Trinajstić information content (AvgIpc) is 2.65. The number of rotatable bonds is 2. The molecular formula is C13H11BrF3N3S. The summed E-state index contributed by atoms with van der Waals surface area (Å²) in [6.45, 7) is 3.53. The van der Waals surface area contributed by atoms with Crippen molar-refractivity contribution in [3.8, 4) is 5.69 Å². The summed E-state index contributed by atoms with van der Waals surface area (Å²) in [6, 6.07) is 3.78. The van der Waals surface area contributed by atoms with E-state index in [1.54, 1.807) is 13.8 Å². The Morgan fingerprint density at radius 2 is 1.95 bits per heavy atom. The molecule has 0 aliphatic carbocycles. The fourth-order valence-electron chi connectivity index (χ4n) is 1.99. The molecule has 0 saturated carbocycles.